The van der Waals surface area contributed by atoms with Crippen molar-refractivity contribution in [1.82, 2.24) is 4.90 Å². The molecule has 1 atom stereocenters. The number of nitrogens with zero attached hydrogens (tertiary/aromatic N) is 1. The average molecular weight is 238 g/mol. The fourth-order valence-corrected chi connectivity index (χ4v) is 2.91. The van der Waals surface area contributed by atoms with Crippen LogP contribution >= 0.6 is 0 Å². The van der Waals surface area contributed by atoms with E-state index in [1.165, 1.54) is 17.7 Å². The van der Waals surface area contributed by atoms with Gasteiger partial charge in [-0.05, 0) is 31.6 Å². The number of imide groups is 1. The first-order valence-corrected chi connectivity index (χ1v) is 6.77. The zero-order valence-electron chi connectivity index (χ0n) is 10.4. The van der Waals surface area contributed by atoms with Gasteiger partial charge in [-0.15, -0.1) is 0 Å². The van der Waals surface area contributed by atoms with E-state index in [-0.39, 0.29) is 17.9 Å². The Balaban J connectivity index is 1.94. The summed E-state index contributed by atoms with van der Waals surface area (Å²) in [5.74, 6) is 0.445. The van der Waals surface area contributed by atoms with Crippen LogP contribution in [0.4, 0.5) is 0 Å². The van der Waals surface area contributed by atoms with E-state index in [9.17, 15) is 9.59 Å². The first-order valence-electron chi connectivity index (χ1n) is 6.77. The third-order valence-electron chi connectivity index (χ3n) is 4.03. The number of carbonyl (C=O) groups is 2. The maximum absolute atomic E-state index is 11.8. The molecule has 1 aliphatic heterocycles. The molecule has 0 bridgehead atoms. The van der Waals surface area contributed by atoms with Crippen LogP contribution in [-0.4, -0.2) is 29.3 Å². The molecule has 0 aromatic carbocycles. The molecule has 2 rings (SSSR count). The van der Waals surface area contributed by atoms with Crippen molar-refractivity contribution in [2.24, 2.45) is 11.7 Å². The van der Waals surface area contributed by atoms with E-state index in [0.29, 0.717) is 25.3 Å². The van der Waals surface area contributed by atoms with Crippen LogP contribution in [0.2, 0.25) is 0 Å². The van der Waals surface area contributed by atoms with Gasteiger partial charge in [0.25, 0.3) is 0 Å². The molecule has 1 unspecified atom stereocenters. The minimum atomic E-state index is -0.0269. The fourth-order valence-electron chi connectivity index (χ4n) is 2.91. The van der Waals surface area contributed by atoms with Crippen molar-refractivity contribution in [1.29, 1.82) is 0 Å². The van der Waals surface area contributed by atoms with E-state index in [1.807, 2.05) is 0 Å². The summed E-state index contributed by atoms with van der Waals surface area (Å²) in [7, 11) is 0. The molecule has 2 N–H and O–H groups in total. The Morgan fingerprint density at radius 2 is 1.59 bits per heavy atom. The molecular weight excluding hydrogens is 216 g/mol. The minimum Gasteiger partial charge on any atom is -0.326 e. The molecule has 0 spiro atoms. The summed E-state index contributed by atoms with van der Waals surface area (Å²) < 4.78 is 0. The molecule has 4 heteroatoms. The van der Waals surface area contributed by atoms with Gasteiger partial charge in [-0.25, -0.2) is 0 Å². The summed E-state index contributed by atoms with van der Waals surface area (Å²) in [6, 6.07) is -0.0245. The largest absolute Gasteiger partial charge is 0.326 e. The predicted octanol–water partition coefficient (Wildman–Crippen LogP) is 1.43. The first kappa shape index (κ1) is 12.6. The Hall–Kier alpha value is -0.900. The second-order valence-electron chi connectivity index (χ2n) is 5.31. The van der Waals surface area contributed by atoms with Crippen molar-refractivity contribution in [3.05, 3.63) is 0 Å². The number of carbonyl (C=O) groups excluding carboxylic acids is 2. The molecular formula is C13H22N2O2. The Morgan fingerprint density at radius 1 is 1.06 bits per heavy atom. The standard InChI is InChI=1S/C13H22N2O2/c14-11(10-5-1-2-6-10)9-15-12(16)7-3-4-8-13(15)17/h10-11H,1-9,14H2. The van der Waals surface area contributed by atoms with Gasteiger partial charge in [0.05, 0.1) is 0 Å². The van der Waals surface area contributed by atoms with Gasteiger partial charge in [0.1, 0.15) is 0 Å². The van der Waals surface area contributed by atoms with Gasteiger partial charge >= 0.3 is 0 Å². The maximum atomic E-state index is 11.8. The molecule has 1 saturated heterocycles. The van der Waals surface area contributed by atoms with Crippen LogP contribution in [0.5, 0.6) is 0 Å². The van der Waals surface area contributed by atoms with Crippen LogP contribution in [0.3, 0.4) is 0 Å². The molecule has 2 amide bonds. The fraction of sp³-hybridized carbons (Fsp3) is 0.846. The van der Waals surface area contributed by atoms with E-state index < -0.39 is 0 Å². The normalized spacial score (nSPS) is 25.1. The second kappa shape index (κ2) is 5.63. The summed E-state index contributed by atoms with van der Waals surface area (Å²) in [6.07, 6.45) is 7.45. The summed E-state index contributed by atoms with van der Waals surface area (Å²) in [4.78, 5) is 25.1. The summed E-state index contributed by atoms with van der Waals surface area (Å²) >= 11 is 0. The number of hydrogen-bond donors (Lipinski definition) is 1. The monoisotopic (exact) mass is 238 g/mol. The van der Waals surface area contributed by atoms with E-state index in [0.717, 1.165) is 25.7 Å². The lowest BCUT2D eigenvalue weighted by molar-refractivity contribution is -0.144. The van der Waals surface area contributed by atoms with Crippen molar-refractivity contribution >= 4 is 11.8 Å². The van der Waals surface area contributed by atoms with E-state index in [1.54, 1.807) is 0 Å². The van der Waals surface area contributed by atoms with Crippen LogP contribution < -0.4 is 5.73 Å². The highest BCUT2D eigenvalue weighted by Crippen LogP contribution is 2.27. The molecule has 2 aliphatic rings. The molecule has 96 valence electrons. The van der Waals surface area contributed by atoms with Crippen molar-refractivity contribution in [2.75, 3.05) is 6.54 Å². The third-order valence-corrected chi connectivity index (χ3v) is 4.03. The minimum absolute atomic E-state index is 0.0245. The lowest BCUT2D eigenvalue weighted by atomic mass is 9.98. The molecule has 1 saturated carbocycles. The van der Waals surface area contributed by atoms with Gasteiger partial charge in [0, 0.05) is 25.4 Å². The smallest absolute Gasteiger partial charge is 0.229 e. The highest BCUT2D eigenvalue weighted by Gasteiger charge is 2.29. The molecule has 4 nitrogen and oxygen atoms in total. The molecule has 0 aromatic heterocycles. The van der Waals surface area contributed by atoms with Crippen LogP contribution in [0.1, 0.15) is 51.4 Å². The zero-order valence-corrected chi connectivity index (χ0v) is 10.4. The highest BCUT2D eigenvalue weighted by molar-refractivity contribution is 5.96. The van der Waals surface area contributed by atoms with Crippen molar-refractivity contribution in [3.8, 4) is 0 Å². The lowest BCUT2D eigenvalue weighted by Gasteiger charge is -2.26. The lowest BCUT2D eigenvalue weighted by Crippen LogP contribution is -2.46. The van der Waals surface area contributed by atoms with Crippen molar-refractivity contribution in [3.63, 3.8) is 0 Å². The van der Waals surface area contributed by atoms with Crippen LogP contribution in [-0.2, 0) is 9.59 Å². The Morgan fingerprint density at radius 3 is 2.12 bits per heavy atom. The van der Waals surface area contributed by atoms with Gasteiger partial charge in [-0.2, -0.15) is 0 Å². The van der Waals surface area contributed by atoms with Gasteiger partial charge in [-0.1, -0.05) is 12.8 Å². The summed E-state index contributed by atoms with van der Waals surface area (Å²) in [6.45, 7) is 0.433. The molecule has 2 fully saturated rings. The molecule has 1 heterocycles. The molecule has 0 radical (unpaired) electrons. The Bertz CT molecular complexity index is 280. The van der Waals surface area contributed by atoms with E-state index >= 15 is 0 Å². The number of amides is 2. The summed E-state index contributed by atoms with van der Waals surface area (Å²) in [5.41, 5.74) is 6.14. The first-order chi connectivity index (χ1) is 8.18. The summed E-state index contributed by atoms with van der Waals surface area (Å²) in [5, 5.41) is 0. The van der Waals surface area contributed by atoms with E-state index in [4.69, 9.17) is 5.73 Å². The average Bonchev–Trinajstić information content (AvgIpc) is 2.79. The van der Waals surface area contributed by atoms with Crippen molar-refractivity contribution in [2.45, 2.75) is 57.4 Å². The van der Waals surface area contributed by atoms with Gasteiger partial charge in [0.15, 0.2) is 0 Å². The van der Waals surface area contributed by atoms with E-state index in [2.05, 4.69) is 0 Å². The molecule has 17 heavy (non-hydrogen) atoms. The van der Waals surface area contributed by atoms with Crippen LogP contribution in [0, 0.1) is 5.92 Å². The van der Waals surface area contributed by atoms with Crippen LogP contribution in [0.15, 0.2) is 0 Å². The van der Waals surface area contributed by atoms with Gasteiger partial charge in [0.2, 0.25) is 11.8 Å². The Kier molecular flexibility index (Phi) is 4.15. The van der Waals surface area contributed by atoms with Gasteiger partial charge in [-0.3, -0.25) is 14.5 Å². The topological polar surface area (TPSA) is 63.4 Å². The van der Waals surface area contributed by atoms with Crippen molar-refractivity contribution < 1.29 is 9.59 Å². The quantitative estimate of drug-likeness (QED) is 0.757. The van der Waals surface area contributed by atoms with Crippen LogP contribution in [0.25, 0.3) is 0 Å². The number of nitrogens with two attached hydrogens (primary N) is 1. The molecule has 1 aliphatic carbocycles. The molecule has 0 aromatic rings. The maximum Gasteiger partial charge on any atom is 0.229 e. The van der Waals surface area contributed by atoms with Gasteiger partial charge < -0.3 is 5.73 Å². The highest BCUT2D eigenvalue weighted by atomic mass is 16.2. The second-order valence-corrected chi connectivity index (χ2v) is 5.31. The Labute approximate surface area is 103 Å². The zero-order chi connectivity index (χ0) is 12.3. The number of rotatable bonds is 3. The number of likely N-dealkylation sites (tertiary alicyclic amines) is 1. The number of hydrogen-bond acceptors (Lipinski definition) is 3. The predicted molar refractivity (Wildman–Crippen MR) is 65.1 cm³/mol. The third kappa shape index (κ3) is 3.06. The SMILES string of the molecule is NC(CN1C(=O)CCCCC1=O)C1CCCC1.